The van der Waals surface area contributed by atoms with Crippen LogP contribution in [0.3, 0.4) is 0 Å². The zero-order valence-corrected chi connectivity index (χ0v) is 16.8. The van der Waals surface area contributed by atoms with Gasteiger partial charge >= 0.3 is 5.97 Å². The summed E-state index contributed by atoms with van der Waals surface area (Å²) < 4.78 is 5.47. The van der Waals surface area contributed by atoms with Gasteiger partial charge in [-0.2, -0.15) is 0 Å². The first-order valence-electron chi connectivity index (χ1n) is 5.80. The molecule has 0 spiro atoms. The zero-order valence-electron chi connectivity index (χ0n) is 12.8. The number of carbonyl (C=O) groups excluding carboxylic acids is 2. The van der Waals surface area contributed by atoms with Crippen molar-refractivity contribution in [3.63, 3.8) is 0 Å². The van der Waals surface area contributed by atoms with Gasteiger partial charge in [-0.25, -0.2) is 4.79 Å². The molecule has 0 aliphatic carbocycles. The summed E-state index contributed by atoms with van der Waals surface area (Å²) in [6.07, 6.45) is 0. The van der Waals surface area contributed by atoms with Crippen molar-refractivity contribution in [1.82, 2.24) is 0 Å². The van der Waals surface area contributed by atoms with E-state index in [1.165, 1.54) is 0 Å². The van der Waals surface area contributed by atoms with E-state index in [1.807, 2.05) is 23.1 Å². The van der Waals surface area contributed by atoms with Crippen molar-refractivity contribution in [2.24, 2.45) is 0 Å². The van der Waals surface area contributed by atoms with Crippen LogP contribution in [0.5, 0.6) is 0 Å². The van der Waals surface area contributed by atoms with Gasteiger partial charge in [-0.05, 0) is 34.6 Å². The molecule has 0 aromatic heterocycles. The minimum Gasteiger partial charge on any atom is -0.642 e. The molecule has 0 saturated carbocycles. The van der Waals surface area contributed by atoms with Crippen molar-refractivity contribution < 1.29 is 47.0 Å². The molecule has 0 aromatic rings. The molecule has 19 heavy (non-hydrogen) atoms. The molecule has 1 unspecified atom stereocenters. The maximum atomic E-state index is 11.9. The SMILES string of the molecule is CC(C)=C(C)C(=O)OC(C)(C)C(C)(C)[N-]C(=O)P.[Y]. The molecule has 0 N–H and O–H groups in total. The smallest absolute Gasteiger partial charge is 0.334 e. The van der Waals surface area contributed by atoms with Gasteiger partial charge < -0.3 is 14.8 Å². The number of ether oxygens (including phenoxy) is 1. The summed E-state index contributed by atoms with van der Waals surface area (Å²) in [5.74, 6) is -0.375. The summed E-state index contributed by atoms with van der Waals surface area (Å²) in [4.78, 5) is 23.0. The van der Waals surface area contributed by atoms with E-state index in [0.29, 0.717) is 5.57 Å². The van der Waals surface area contributed by atoms with Crippen molar-refractivity contribution in [2.45, 2.75) is 59.6 Å². The third kappa shape index (κ3) is 6.47. The van der Waals surface area contributed by atoms with E-state index in [9.17, 15) is 9.59 Å². The van der Waals surface area contributed by atoms with Gasteiger partial charge in [0.1, 0.15) is 0 Å². The quantitative estimate of drug-likeness (QED) is 0.435. The maximum absolute atomic E-state index is 11.9. The second kappa shape index (κ2) is 7.85. The van der Waals surface area contributed by atoms with Gasteiger partial charge in [0.2, 0.25) is 0 Å². The normalized spacial score (nSPS) is 11.2. The number of amides is 1. The number of carbonyl (C=O) groups is 2. The summed E-state index contributed by atoms with van der Waals surface area (Å²) in [6, 6.07) is 0. The van der Waals surface area contributed by atoms with Crippen LogP contribution in [0.25, 0.3) is 5.32 Å². The van der Waals surface area contributed by atoms with E-state index in [-0.39, 0.29) is 44.3 Å². The first-order valence-corrected chi connectivity index (χ1v) is 6.38. The number of hydrogen-bond acceptors (Lipinski definition) is 3. The van der Waals surface area contributed by atoms with Crippen molar-refractivity contribution >= 4 is 20.9 Å². The predicted octanol–water partition coefficient (Wildman–Crippen LogP) is 3.81. The molecular weight excluding hydrogens is 338 g/mol. The summed E-state index contributed by atoms with van der Waals surface area (Å²) in [6.45, 7) is 12.5. The van der Waals surface area contributed by atoms with Gasteiger partial charge in [0.15, 0.2) is 0 Å². The Kier molecular flexibility index (Phi) is 8.89. The molecule has 0 aliphatic rings. The van der Waals surface area contributed by atoms with E-state index in [1.54, 1.807) is 34.6 Å². The monoisotopic (exact) mass is 361 g/mol. The van der Waals surface area contributed by atoms with Crippen molar-refractivity contribution in [3.8, 4) is 0 Å². The predicted molar refractivity (Wildman–Crippen MR) is 76.8 cm³/mol. The minimum absolute atomic E-state index is 0. The zero-order chi connectivity index (χ0) is 14.7. The molecule has 1 amide bonds. The molecule has 1 atom stereocenters. The standard InChI is InChI=1S/C13H24NO3P.Y/c1-8(2)9(3)10(15)17-13(6,7)12(4,5)14-11(16)18;/h18H2,1-7H3,(H,14,16);/p-1. The van der Waals surface area contributed by atoms with Gasteiger partial charge in [-0.15, -0.1) is 0 Å². The van der Waals surface area contributed by atoms with Crippen LogP contribution < -0.4 is 0 Å². The van der Waals surface area contributed by atoms with Gasteiger partial charge in [-0.1, -0.05) is 34.2 Å². The van der Waals surface area contributed by atoms with Crippen molar-refractivity contribution in [1.29, 1.82) is 0 Å². The third-order valence-electron chi connectivity index (χ3n) is 3.27. The molecule has 107 valence electrons. The average Bonchev–Trinajstić information content (AvgIpc) is 2.13. The Morgan fingerprint density at radius 3 is 1.79 bits per heavy atom. The Labute approximate surface area is 143 Å². The Morgan fingerprint density at radius 2 is 1.47 bits per heavy atom. The van der Waals surface area contributed by atoms with Crippen molar-refractivity contribution in [2.75, 3.05) is 0 Å². The maximum Gasteiger partial charge on any atom is 0.334 e. The van der Waals surface area contributed by atoms with Gasteiger partial charge in [0, 0.05) is 38.3 Å². The molecule has 0 saturated heterocycles. The van der Waals surface area contributed by atoms with E-state index >= 15 is 0 Å². The molecule has 0 aromatic carbocycles. The number of nitrogens with zero attached hydrogens (tertiary/aromatic N) is 1. The van der Waals surface area contributed by atoms with E-state index < -0.39 is 11.1 Å². The average molecular weight is 361 g/mol. The van der Waals surface area contributed by atoms with Gasteiger partial charge in [-0.3, -0.25) is 0 Å². The summed E-state index contributed by atoms with van der Waals surface area (Å²) in [5, 5.41) is 3.97. The van der Waals surface area contributed by atoms with Crippen LogP contribution in [0.2, 0.25) is 0 Å². The molecule has 4 nitrogen and oxygen atoms in total. The summed E-state index contributed by atoms with van der Waals surface area (Å²) >= 11 is 0. The fraction of sp³-hybridized carbons (Fsp3) is 0.692. The number of rotatable bonds is 4. The van der Waals surface area contributed by atoms with Crippen LogP contribution in [0.15, 0.2) is 11.1 Å². The van der Waals surface area contributed by atoms with Gasteiger partial charge in [0.25, 0.3) is 0 Å². The number of esters is 1. The minimum atomic E-state index is -0.868. The van der Waals surface area contributed by atoms with Crippen LogP contribution >= 0.6 is 9.24 Å². The molecule has 0 fully saturated rings. The Hall–Kier alpha value is 0.214. The topological polar surface area (TPSA) is 57.5 Å². The first kappa shape index (κ1) is 21.5. The van der Waals surface area contributed by atoms with Crippen LogP contribution in [-0.2, 0) is 42.2 Å². The Bertz CT molecular complexity index is 385. The largest absolute Gasteiger partial charge is 0.642 e. The first-order chi connectivity index (χ1) is 7.90. The van der Waals surface area contributed by atoms with E-state index in [4.69, 9.17) is 4.74 Å². The second-order valence-electron chi connectivity index (χ2n) is 5.53. The molecule has 6 heteroatoms. The number of hydrogen-bond donors (Lipinski definition) is 0. The van der Waals surface area contributed by atoms with E-state index in [2.05, 4.69) is 5.32 Å². The summed E-state index contributed by atoms with van der Waals surface area (Å²) in [5.41, 5.74) is -0.525. The van der Waals surface area contributed by atoms with Crippen molar-refractivity contribution in [3.05, 3.63) is 16.5 Å². The molecule has 0 heterocycles. The molecule has 0 rings (SSSR count). The van der Waals surface area contributed by atoms with Crippen LogP contribution in [-0.4, -0.2) is 22.8 Å². The third-order valence-corrected chi connectivity index (χ3v) is 3.40. The number of allylic oxidation sites excluding steroid dienone is 1. The Balaban J connectivity index is 0. The molecular formula is C13H23NO3PY-. The fourth-order valence-corrected chi connectivity index (χ4v) is 1.37. The summed E-state index contributed by atoms with van der Waals surface area (Å²) in [7, 11) is 2.00. The van der Waals surface area contributed by atoms with Gasteiger partial charge in [0.05, 0.1) is 11.2 Å². The van der Waals surface area contributed by atoms with E-state index in [0.717, 1.165) is 5.57 Å². The van der Waals surface area contributed by atoms with Crippen LogP contribution in [0.4, 0.5) is 4.79 Å². The van der Waals surface area contributed by atoms with Crippen LogP contribution in [0.1, 0.15) is 48.5 Å². The molecule has 0 aliphatic heterocycles. The fourth-order valence-electron chi connectivity index (χ4n) is 1.05. The molecule has 1 radical (unpaired) electrons. The second-order valence-corrected chi connectivity index (χ2v) is 6.03. The van der Waals surface area contributed by atoms with Crippen LogP contribution in [0, 0.1) is 0 Å². The molecule has 0 bridgehead atoms. The Morgan fingerprint density at radius 1 is 1.05 bits per heavy atom.